The van der Waals surface area contributed by atoms with Crippen LogP contribution < -0.4 is 5.32 Å². The van der Waals surface area contributed by atoms with E-state index in [2.05, 4.69) is 5.32 Å². The normalized spacial score (nSPS) is 12.3. The van der Waals surface area contributed by atoms with Crippen LogP contribution in [-0.4, -0.2) is 23.7 Å². The van der Waals surface area contributed by atoms with E-state index in [1.807, 2.05) is 30.3 Å². The van der Waals surface area contributed by atoms with Crippen LogP contribution >= 0.6 is 23.4 Å². The zero-order valence-corrected chi connectivity index (χ0v) is 15.6. The maximum absolute atomic E-state index is 13.1. The Kier molecular flexibility index (Phi) is 7.15. The number of esters is 1. The van der Waals surface area contributed by atoms with Crippen molar-refractivity contribution in [1.82, 2.24) is 0 Å². The molecule has 0 aliphatic heterocycles. The molecule has 0 heterocycles. The number of anilines is 1. The molecule has 0 fully saturated rings. The maximum Gasteiger partial charge on any atom is 0.418 e. The molecule has 0 saturated heterocycles. The van der Waals surface area contributed by atoms with Gasteiger partial charge in [-0.2, -0.15) is 13.2 Å². The predicted molar refractivity (Wildman–Crippen MR) is 97.8 cm³/mol. The zero-order valence-electron chi connectivity index (χ0n) is 14.0. The first kappa shape index (κ1) is 21.1. The number of alkyl halides is 3. The van der Waals surface area contributed by atoms with Crippen LogP contribution in [0.25, 0.3) is 0 Å². The van der Waals surface area contributed by atoms with Crippen molar-refractivity contribution in [2.24, 2.45) is 0 Å². The molecule has 1 atom stereocenters. The molecule has 27 heavy (non-hydrogen) atoms. The number of carbonyl (C=O) groups excluding carboxylic acids is 2. The van der Waals surface area contributed by atoms with Gasteiger partial charge in [0.05, 0.1) is 17.0 Å². The van der Waals surface area contributed by atoms with Crippen LogP contribution in [0.15, 0.2) is 53.4 Å². The first-order valence-corrected chi connectivity index (χ1v) is 9.08. The molecule has 0 radical (unpaired) electrons. The number of carbonyl (C=O) groups is 2. The van der Waals surface area contributed by atoms with Crippen LogP contribution in [0.3, 0.4) is 0 Å². The first-order valence-electron chi connectivity index (χ1n) is 7.72. The number of nitrogens with one attached hydrogen (secondary N) is 1. The van der Waals surface area contributed by atoms with Gasteiger partial charge >= 0.3 is 12.1 Å². The van der Waals surface area contributed by atoms with Gasteiger partial charge in [0, 0.05) is 9.92 Å². The molecule has 0 saturated carbocycles. The second-order valence-corrected chi connectivity index (χ2v) is 6.90. The van der Waals surface area contributed by atoms with Gasteiger partial charge in [-0.25, -0.2) is 0 Å². The number of hydrogen-bond acceptors (Lipinski definition) is 4. The molecule has 0 aliphatic carbocycles. The van der Waals surface area contributed by atoms with Gasteiger partial charge in [0.25, 0.3) is 5.91 Å². The highest BCUT2D eigenvalue weighted by Gasteiger charge is 2.34. The lowest BCUT2D eigenvalue weighted by atomic mass is 10.1. The third-order valence-corrected chi connectivity index (χ3v) is 4.54. The van der Waals surface area contributed by atoms with E-state index in [4.69, 9.17) is 16.3 Å². The lowest BCUT2D eigenvalue weighted by Crippen LogP contribution is -2.31. The average molecular weight is 418 g/mol. The van der Waals surface area contributed by atoms with Crippen LogP contribution in [0.1, 0.15) is 12.5 Å². The summed E-state index contributed by atoms with van der Waals surface area (Å²) in [6.07, 6.45) is -5.95. The number of benzene rings is 2. The third kappa shape index (κ3) is 6.48. The fourth-order valence-corrected chi connectivity index (χ4v) is 2.91. The van der Waals surface area contributed by atoms with Gasteiger partial charge in [0.1, 0.15) is 0 Å². The lowest BCUT2D eigenvalue weighted by Gasteiger charge is -2.17. The number of thioether (sulfide) groups is 1. The Morgan fingerprint density at radius 2 is 1.85 bits per heavy atom. The summed E-state index contributed by atoms with van der Waals surface area (Å²) in [5, 5.41) is 2.01. The summed E-state index contributed by atoms with van der Waals surface area (Å²) in [5.74, 6) is -1.56. The Hall–Kier alpha value is -2.19. The standard InChI is InChI=1S/C18H15ClF3NO3S/c1-11(26-16(24)10-27-13-5-3-2-4-6-13)17(25)23-15-8-7-12(19)9-14(15)18(20,21)22/h2-9,11H,10H2,1H3,(H,23,25). The van der Waals surface area contributed by atoms with Crippen molar-refractivity contribution in [2.75, 3.05) is 11.1 Å². The molecule has 2 aromatic carbocycles. The minimum absolute atomic E-state index is 0.0314. The Morgan fingerprint density at radius 1 is 1.19 bits per heavy atom. The molecule has 2 rings (SSSR count). The molecule has 9 heteroatoms. The topological polar surface area (TPSA) is 55.4 Å². The summed E-state index contributed by atoms with van der Waals surface area (Å²) >= 11 is 6.82. The molecule has 0 aromatic heterocycles. The fraction of sp³-hybridized carbons (Fsp3) is 0.222. The van der Waals surface area contributed by atoms with Crippen molar-refractivity contribution in [3.63, 3.8) is 0 Å². The van der Waals surface area contributed by atoms with Crippen LogP contribution in [0.5, 0.6) is 0 Å². The number of rotatable bonds is 6. The van der Waals surface area contributed by atoms with Crippen molar-refractivity contribution in [3.05, 3.63) is 59.1 Å². The number of amides is 1. The van der Waals surface area contributed by atoms with Crippen molar-refractivity contribution in [2.45, 2.75) is 24.1 Å². The molecule has 2 aromatic rings. The predicted octanol–water partition coefficient (Wildman–Crippen LogP) is 5.02. The van der Waals surface area contributed by atoms with Crippen LogP contribution in [-0.2, 0) is 20.5 Å². The van der Waals surface area contributed by atoms with Crippen LogP contribution in [0.2, 0.25) is 5.02 Å². The van der Waals surface area contributed by atoms with E-state index in [9.17, 15) is 22.8 Å². The van der Waals surface area contributed by atoms with Crippen molar-refractivity contribution in [3.8, 4) is 0 Å². The van der Waals surface area contributed by atoms with Gasteiger partial charge < -0.3 is 10.1 Å². The highest BCUT2D eigenvalue weighted by atomic mass is 35.5. The Bertz CT molecular complexity index is 815. The van der Waals surface area contributed by atoms with E-state index < -0.39 is 35.4 Å². The number of hydrogen-bond donors (Lipinski definition) is 1. The lowest BCUT2D eigenvalue weighted by molar-refractivity contribution is -0.150. The van der Waals surface area contributed by atoms with E-state index in [1.165, 1.54) is 24.8 Å². The van der Waals surface area contributed by atoms with E-state index >= 15 is 0 Å². The molecule has 0 aliphatic rings. The minimum atomic E-state index is -4.69. The summed E-state index contributed by atoms with van der Waals surface area (Å²) in [6, 6.07) is 12.1. The molecule has 144 valence electrons. The number of halogens is 4. The monoisotopic (exact) mass is 417 g/mol. The average Bonchev–Trinajstić information content (AvgIpc) is 2.61. The molecule has 1 N–H and O–H groups in total. The van der Waals surface area contributed by atoms with Crippen LogP contribution in [0, 0.1) is 0 Å². The summed E-state index contributed by atoms with van der Waals surface area (Å²) < 4.78 is 44.1. The summed E-state index contributed by atoms with van der Waals surface area (Å²) in [4.78, 5) is 24.8. The number of ether oxygens (including phenoxy) is 1. The highest BCUT2D eigenvalue weighted by Crippen LogP contribution is 2.36. The van der Waals surface area contributed by atoms with E-state index in [0.29, 0.717) is 6.07 Å². The van der Waals surface area contributed by atoms with E-state index in [1.54, 1.807) is 0 Å². The molecule has 1 unspecified atom stereocenters. The fourth-order valence-electron chi connectivity index (χ4n) is 2.04. The molecule has 0 spiro atoms. The second kappa shape index (κ2) is 9.14. The zero-order chi connectivity index (χ0) is 20.0. The smallest absolute Gasteiger partial charge is 0.418 e. The van der Waals surface area contributed by atoms with E-state index in [-0.39, 0.29) is 10.8 Å². The quantitative estimate of drug-likeness (QED) is 0.529. The van der Waals surface area contributed by atoms with Crippen molar-refractivity contribution < 1.29 is 27.5 Å². The largest absolute Gasteiger partial charge is 0.452 e. The Morgan fingerprint density at radius 3 is 2.48 bits per heavy atom. The molecular weight excluding hydrogens is 403 g/mol. The van der Waals surface area contributed by atoms with Gasteiger partial charge in [0.2, 0.25) is 0 Å². The van der Waals surface area contributed by atoms with Gasteiger partial charge in [-0.1, -0.05) is 29.8 Å². The van der Waals surface area contributed by atoms with Crippen molar-refractivity contribution in [1.29, 1.82) is 0 Å². The Balaban J connectivity index is 1.95. The summed E-state index contributed by atoms with van der Waals surface area (Å²) in [7, 11) is 0. The van der Waals surface area contributed by atoms with Crippen LogP contribution in [0.4, 0.5) is 18.9 Å². The molecule has 4 nitrogen and oxygen atoms in total. The molecule has 1 amide bonds. The molecule has 0 bridgehead atoms. The summed E-state index contributed by atoms with van der Waals surface area (Å²) in [6.45, 7) is 1.28. The maximum atomic E-state index is 13.1. The first-order chi connectivity index (χ1) is 12.7. The van der Waals surface area contributed by atoms with Crippen molar-refractivity contribution >= 4 is 40.9 Å². The SMILES string of the molecule is CC(OC(=O)CSc1ccccc1)C(=O)Nc1ccc(Cl)cc1C(F)(F)F. The molecular formula is C18H15ClF3NO3S. The second-order valence-electron chi connectivity index (χ2n) is 5.41. The minimum Gasteiger partial charge on any atom is -0.452 e. The third-order valence-electron chi connectivity index (χ3n) is 3.32. The summed E-state index contributed by atoms with van der Waals surface area (Å²) in [5.41, 5.74) is -1.54. The Labute approximate surface area is 163 Å². The van der Waals surface area contributed by atoms with E-state index in [0.717, 1.165) is 11.0 Å². The van der Waals surface area contributed by atoms with Gasteiger partial charge in [-0.3, -0.25) is 9.59 Å². The van der Waals surface area contributed by atoms with Gasteiger partial charge in [-0.05, 0) is 37.3 Å². The van der Waals surface area contributed by atoms with Gasteiger partial charge in [0.15, 0.2) is 6.10 Å². The van der Waals surface area contributed by atoms with Gasteiger partial charge in [-0.15, -0.1) is 11.8 Å². The highest BCUT2D eigenvalue weighted by molar-refractivity contribution is 8.00.